The number of hydrogen-bond acceptors (Lipinski definition) is 6. The molecule has 0 aliphatic carbocycles. The normalized spacial score (nSPS) is 18.8. The second-order valence-corrected chi connectivity index (χ2v) is 8.84. The molecule has 1 aliphatic heterocycles. The summed E-state index contributed by atoms with van der Waals surface area (Å²) in [5, 5.41) is 7.06. The first-order valence-electron chi connectivity index (χ1n) is 9.03. The van der Waals surface area contributed by atoms with E-state index < -0.39 is 5.60 Å². The molecule has 25 heavy (non-hydrogen) atoms. The van der Waals surface area contributed by atoms with Crippen molar-refractivity contribution in [2.75, 3.05) is 13.1 Å². The van der Waals surface area contributed by atoms with Crippen LogP contribution in [0.3, 0.4) is 0 Å². The number of aromatic nitrogens is 2. The lowest BCUT2D eigenvalue weighted by molar-refractivity contribution is 0.0464. The van der Waals surface area contributed by atoms with E-state index in [1.165, 1.54) is 0 Å². The zero-order chi connectivity index (χ0) is 18.8. The average Bonchev–Trinajstić information content (AvgIpc) is 2.95. The molecule has 0 radical (unpaired) electrons. The van der Waals surface area contributed by atoms with Gasteiger partial charge in [0, 0.05) is 24.5 Å². The highest BCUT2D eigenvalue weighted by molar-refractivity contribution is 5.68. The molecule has 7 nitrogen and oxygen atoms in total. The highest BCUT2D eigenvalue weighted by Crippen LogP contribution is 2.26. The highest BCUT2D eigenvalue weighted by Gasteiger charge is 2.30. The molecule has 0 saturated carbocycles. The number of amides is 1. The summed E-state index contributed by atoms with van der Waals surface area (Å²) in [6.07, 6.45) is 1.42. The van der Waals surface area contributed by atoms with Crippen LogP contribution in [0.2, 0.25) is 0 Å². The van der Waals surface area contributed by atoms with Crippen molar-refractivity contribution in [1.82, 2.24) is 20.4 Å². The van der Waals surface area contributed by atoms with Crippen LogP contribution in [0.25, 0.3) is 0 Å². The number of ether oxygens (including phenoxy) is 1. The van der Waals surface area contributed by atoms with Crippen LogP contribution >= 0.6 is 0 Å². The van der Waals surface area contributed by atoms with E-state index in [2.05, 4.69) is 48.1 Å². The van der Waals surface area contributed by atoms with Gasteiger partial charge in [-0.25, -0.2) is 4.79 Å². The van der Waals surface area contributed by atoms with E-state index in [9.17, 15) is 4.79 Å². The number of nitrogens with one attached hydrogen (secondary N) is 1. The summed E-state index contributed by atoms with van der Waals surface area (Å²) >= 11 is 0. The Morgan fingerprint density at radius 2 is 1.84 bits per heavy atom. The summed E-state index contributed by atoms with van der Waals surface area (Å²) in [7, 11) is 0. The first-order chi connectivity index (χ1) is 11.5. The van der Waals surface area contributed by atoms with Crippen LogP contribution in [0.15, 0.2) is 4.52 Å². The topological polar surface area (TPSA) is 80.5 Å². The number of carbonyl (C=O) groups excluding carboxylic acids is 1. The third kappa shape index (κ3) is 5.70. The predicted octanol–water partition coefficient (Wildman–Crippen LogP) is 3.42. The molecule has 1 aliphatic rings. The molecule has 1 atom stereocenters. The molecule has 1 amide bonds. The number of piperidine rings is 1. The van der Waals surface area contributed by atoms with Crippen molar-refractivity contribution < 1.29 is 14.1 Å². The molecule has 2 heterocycles. The maximum absolute atomic E-state index is 11.9. The maximum Gasteiger partial charge on any atom is 0.407 e. The van der Waals surface area contributed by atoms with E-state index in [0.717, 1.165) is 31.8 Å². The fourth-order valence-electron chi connectivity index (χ4n) is 2.77. The minimum absolute atomic E-state index is 0.0751. The predicted molar refractivity (Wildman–Crippen MR) is 95.4 cm³/mol. The quantitative estimate of drug-likeness (QED) is 0.898. The van der Waals surface area contributed by atoms with Crippen molar-refractivity contribution in [2.45, 2.75) is 84.4 Å². The summed E-state index contributed by atoms with van der Waals surface area (Å²) in [4.78, 5) is 18.7. The van der Waals surface area contributed by atoms with Crippen LogP contribution in [-0.4, -0.2) is 45.9 Å². The first kappa shape index (κ1) is 19.7. The molecule has 1 saturated heterocycles. The molecule has 2 rings (SSSR count). The lowest BCUT2D eigenvalue weighted by Crippen LogP contribution is -2.46. The minimum Gasteiger partial charge on any atom is -0.444 e. The fourth-order valence-corrected chi connectivity index (χ4v) is 2.77. The molecular formula is C18H32N4O3. The van der Waals surface area contributed by atoms with Crippen LogP contribution in [0.5, 0.6) is 0 Å². The summed E-state index contributed by atoms with van der Waals surface area (Å²) in [6, 6.07) is 0.220. The summed E-state index contributed by atoms with van der Waals surface area (Å²) in [5.41, 5.74) is -0.589. The molecule has 7 heteroatoms. The number of likely N-dealkylation sites (tertiary alicyclic amines) is 1. The molecule has 1 aromatic heterocycles. The van der Waals surface area contributed by atoms with E-state index in [1.54, 1.807) is 0 Å². The minimum atomic E-state index is -0.470. The van der Waals surface area contributed by atoms with Crippen LogP contribution in [-0.2, 0) is 10.2 Å². The monoisotopic (exact) mass is 352 g/mol. The number of rotatable bonds is 3. The van der Waals surface area contributed by atoms with Crippen LogP contribution < -0.4 is 5.32 Å². The van der Waals surface area contributed by atoms with Gasteiger partial charge < -0.3 is 14.6 Å². The van der Waals surface area contributed by atoms with Gasteiger partial charge in [-0.05, 0) is 40.5 Å². The first-order valence-corrected chi connectivity index (χ1v) is 9.03. The van der Waals surface area contributed by atoms with Crippen molar-refractivity contribution >= 4 is 6.09 Å². The van der Waals surface area contributed by atoms with Crippen molar-refractivity contribution in [1.29, 1.82) is 0 Å². The largest absolute Gasteiger partial charge is 0.444 e. The van der Waals surface area contributed by atoms with Gasteiger partial charge in [0.1, 0.15) is 5.60 Å². The smallest absolute Gasteiger partial charge is 0.407 e. The van der Waals surface area contributed by atoms with Gasteiger partial charge in [-0.15, -0.1) is 0 Å². The molecular weight excluding hydrogens is 320 g/mol. The molecule has 0 aromatic carbocycles. The third-order valence-corrected chi connectivity index (χ3v) is 4.27. The van der Waals surface area contributed by atoms with E-state index >= 15 is 0 Å². The Balaban J connectivity index is 1.85. The Morgan fingerprint density at radius 1 is 1.24 bits per heavy atom. The zero-order valence-corrected chi connectivity index (χ0v) is 16.5. The number of hydrogen-bond donors (Lipinski definition) is 1. The standard InChI is InChI=1S/C18H32N4O3/c1-12(14-20-15(21-25-14)17(2,3)4)22-10-8-13(9-11-22)19-16(23)24-18(5,6)7/h12-13H,8-11H2,1-7H3,(H,19,23). The van der Waals surface area contributed by atoms with Crippen molar-refractivity contribution in [3.63, 3.8) is 0 Å². The zero-order valence-electron chi connectivity index (χ0n) is 16.5. The molecule has 1 unspecified atom stereocenters. The van der Waals surface area contributed by atoms with Crippen molar-refractivity contribution in [3.05, 3.63) is 11.7 Å². The lowest BCUT2D eigenvalue weighted by Gasteiger charge is -2.35. The lowest BCUT2D eigenvalue weighted by atomic mass is 9.96. The Bertz CT molecular complexity index is 578. The van der Waals surface area contributed by atoms with Crippen molar-refractivity contribution in [2.24, 2.45) is 0 Å². The van der Waals surface area contributed by atoms with E-state index in [-0.39, 0.29) is 23.6 Å². The van der Waals surface area contributed by atoms with Gasteiger partial charge in [-0.3, -0.25) is 4.90 Å². The summed E-state index contributed by atoms with van der Waals surface area (Å²) in [6.45, 7) is 15.6. The molecule has 1 fully saturated rings. The molecule has 0 bridgehead atoms. The SMILES string of the molecule is CC(c1nc(C(C)(C)C)no1)N1CCC(NC(=O)OC(C)(C)C)CC1. The van der Waals surface area contributed by atoms with Gasteiger partial charge >= 0.3 is 6.09 Å². The van der Waals surface area contributed by atoms with Crippen LogP contribution in [0, 0.1) is 0 Å². The van der Waals surface area contributed by atoms with Crippen LogP contribution in [0.4, 0.5) is 4.79 Å². The Morgan fingerprint density at radius 3 is 2.32 bits per heavy atom. The summed E-state index contributed by atoms with van der Waals surface area (Å²) in [5.74, 6) is 1.39. The second kappa shape index (κ2) is 7.32. The van der Waals surface area contributed by atoms with Gasteiger partial charge in [0.2, 0.25) is 5.89 Å². The summed E-state index contributed by atoms with van der Waals surface area (Å²) < 4.78 is 10.8. The van der Waals surface area contributed by atoms with E-state index in [1.807, 2.05) is 20.8 Å². The van der Waals surface area contributed by atoms with Gasteiger partial charge in [0.05, 0.1) is 6.04 Å². The van der Waals surface area contributed by atoms with Gasteiger partial charge in [0.15, 0.2) is 5.82 Å². The molecule has 142 valence electrons. The van der Waals surface area contributed by atoms with E-state index in [4.69, 9.17) is 9.26 Å². The highest BCUT2D eigenvalue weighted by atomic mass is 16.6. The molecule has 1 aromatic rings. The van der Waals surface area contributed by atoms with Gasteiger partial charge in [-0.2, -0.15) is 4.98 Å². The number of nitrogens with zero attached hydrogens (tertiary/aromatic N) is 3. The number of carbonyl (C=O) groups is 1. The third-order valence-electron chi connectivity index (χ3n) is 4.27. The molecule has 0 spiro atoms. The second-order valence-electron chi connectivity index (χ2n) is 8.84. The van der Waals surface area contributed by atoms with Crippen LogP contribution in [0.1, 0.15) is 79.1 Å². The van der Waals surface area contributed by atoms with Crippen molar-refractivity contribution in [3.8, 4) is 0 Å². The van der Waals surface area contributed by atoms with Gasteiger partial charge in [0.25, 0.3) is 0 Å². The molecule has 1 N–H and O–H groups in total. The fraction of sp³-hybridized carbons (Fsp3) is 0.833. The van der Waals surface area contributed by atoms with E-state index in [0.29, 0.717) is 5.89 Å². The Kier molecular flexibility index (Phi) is 5.76. The maximum atomic E-state index is 11.9. The average molecular weight is 352 g/mol. The Hall–Kier alpha value is -1.63. The Labute approximate surface area is 150 Å². The number of alkyl carbamates (subject to hydrolysis) is 1. The van der Waals surface area contributed by atoms with Gasteiger partial charge in [-0.1, -0.05) is 25.9 Å².